The summed E-state index contributed by atoms with van der Waals surface area (Å²) >= 11 is 0. The minimum atomic E-state index is 0.0149. The second-order valence-electron chi connectivity index (χ2n) is 5.53. The highest BCUT2D eigenvalue weighted by atomic mass is 16.5. The molecule has 0 radical (unpaired) electrons. The smallest absolute Gasteiger partial charge is 0.252 e. The van der Waals surface area contributed by atoms with E-state index >= 15 is 0 Å². The van der Waals surface area contributed by atoms with E-state index in [0.29, 0.717) is 12.0 Å². The van der Waals surface area contributed by atoms with Gasteiger partial charge in [0.25, 0.3) is 5.56 Å². The number of anilines is 1. The number of para-hydroxylation sites is 1. The second-order valence-corrected chi connectivity index (χ2v) is 5.53. The number of hydrogen-bond acceptors (Lipinski definition) is 3. The number of fused-ring (bicyclic) bond motifs is 1. The average Bonchev–Trinajstić information content (AvgIpc) is 2.99. The number of pyridine rings is 1. The molecule has 0 bridgehead atoms. The molecule has 2 aromatic rings. The van der Waals surface area contributed by atoms with E-state index in [1.807, 2.05) is 25.2 Å². The second kappa shape index (κ2) is 5.29. The van der Waals surface area contributed by atoms with Crippen LogP contribution in [0.15, 0.2) is 35.1 Å². The standard InChI is InChI=1S/C16H20N2O2/c1-11(12-7-8-20-10-12)17-14-9-16(19)18(2)15-6-4-3-5-13(14)15/h3-6,9,11-12,17H,7-8,10H2,1-2H3. The molecule has 2 heterocycles. The Morgan fingerprint density at radius 3 is 2.95 bits per heavy atom. The van der Waals surface area contributed by atoms with E-state index in [1.54, 1.807) is 10.6 Å². The Kier molecular flexibility index (Phi) is 3.49. The van der Waals surface area contributed by atoms with Crippen LogP contribution in [0.2, 0.25) is 0 Å². The van der Waals surface area contributed by atoms with Crippen LogP contribution >= 0.6 is 0 Å². The number of aryl methyl sites for hydroxylation is 1. The minimum absolute atomic E-state index is 0.0149. The molecule has 0 amide bonds. The molecule has 0 saturated carbocycles. The first-order valence-corrected chi connectivity index (χ1v) is 7.10. The molecule has 1 aromatic heterocycles. The summed E-state index contributed by atoms with van der Waals surface area (Å²) in [6, 6.07) is 9.98. The summed E-state index contributed by atoms with van der Waals surface area (Å²) < 4.78 is 7.12. The molecule has 1 saturated heterocycles. The van der Waals surface area contributed by atoms with Crippen LogP contribution in [-0.4, -0.2) is 23.8 Å². The third-order valence-electron chi connectivity index (χ3n) is 4.21. The molecule has 4 nitrogen and oxygen atoms in total. The lowest BCUT2D eigenvalue weighted by Gasteiger charge is -2.22. The molecule has 1 aromatic carbocycles. The van der Waals surface area contributed by atoms with Gasteiger partial charge in [-0.15, -0.1) is 0 Å². The quantitative estimate of drug-likeness (QED) is 0.933. The zero-order chi connectivity index (χ0) is 14.1. The van der Waals surface area contributed by atoms with E-state index < -0.39 is 0 Å². The first-order valence-electron chi connectivity index (χ1n) is 7.10. The fourth-order valence-corrected chi connectivity index (χ4v) is 2.84. The molecular formula is C16H20N2O2. The van der Waals surface area contributed by atoms with Crippen molar-refractivity contribution in [3.63, 3.8) is 0 Å². The van der Waals surface area contributed by atoms with Gasteiger partial charge in [-0.05, 0) is 19.4 Å². The number of hydrogen-bond donors (Lipinski definition) is 1. The van der Waals surface area contributed by atoms with Crippen LogP contribution in [0.1, 0.15) is 13.3 Å². The number of benzene rings is 1. The maximum absolute atomic E-state index is 12.1. The molecule has 1 aliphatic rings. The molecule has 20 heavy (non-hydrogen) atoms. The van der Waals surface area contributed by atoms with E-state index in [9.17, 15) is 4.79 Å². The van der Waals surface area contributed by atoms with Crippen molar-refractivity contribution in [1.82, 2.24) is 4.57 Å². The van der Waals surface area contributed by atoms with Gasteiger partial charge in [0.05, 0.1) is 12.1 Å². The predicted molar refractivity (Wildman–Crippen MR) is 81.2 cm³/mol. The minimum Gasteiger partial charge on any atom is -0.382 e. The van der Waals surface area contributed by atoms with E-state index in [4.69, 9.17) is 4.74 Å². The summed E-state index contributed by atoms with van der Waals surface area (Å²) in [7, 11) is 1.81. The van der Waals surface area contributed by atoms with Crippen molar-refractivity contribution in [3.05, 3.63) is 40.7 Å². The first kappa shape index (κ1) is 13.2. The van der Waals surface area contributed by atoms with Crippen molar-refractivity contribution in [1.29, 1.82) is 0 Å². The number of nitrogens with zero attached hydrogens (tertiary/aromatic N) is 1. The zero-order valence-electron chi connectivity index (χ0n) is 11.9. The number of ether oxygens (including phenoxy) is 1. The van der Waals surface area contributed by atoms with Crippen LogP contribution in [0.3, 0.4) is 0 Å². The number of nitrogens with one attached hydrogen (secondary N) is 1. The van der Waals surface area contributed by atoms with Crippen LogP contribution in [0.5, 0.6) is 0 Å². The Bertz CT molecular complexity index is 672. The van der Waals surface area contributed by atoms with E-state index in [-0.39, 0.29) is 5.56 Å². The van der Waals surface area contributed by atoms with Crippen molar-refractivity contribution in [2.24, 2.45) is 13.0 Å². The van der Waals surface area contributed by atoms with Gasteiger partial charge in [0.2, 0.25) is 0 Å². The molecule has 1 N–H and O–H groups in total. The highest BCUT2D eigenvalue weighted by molar-refractivity contribution is 5.91. The van der Waals surface area contributed by atoms with Crippen molar-refractivity contribution in [3.8, 4) is 0 Å². The first-order chi connectivity index (χ1) is 9.66. The topological polar surface area (TPSA) is 43.3 Å². The molecule has 3 rings (SSSR count). The maximum atomic E-state index is 12.1. The van der Waals surface area contributed by atoms with Gasteiger partial charge in [-0.25, -0.2) is 0 Å². The van der Waals surface area contributed by atoms with Crippen LogP contribution in [-0.2, 0) is 11.8 Å². The van der Waals surface area contributed by atoms with Gasteiger partial charge in [0, 0.05) is 42.8 Å². The fourth-order valence-electron chi connectivity index (χ4n) is 2.84. The van der Waals surface area contributed by atoms with Crippen molar-refractivity contribution in [2.45, 2.75) is 19.4 Å². The van der Waals surface area contributed by atoms with Gasteiger partial charge in [-0.1, -0.05) is 18.2 Å². The maximum Gasteiger partial charge on any atom is 0.252 e. The Hall–Kier alpha value is -1.81. The summed E-state index contributed by atoms with van der Waals surface area (Å²) in [6.07, 6.45) is 1.08. The van der Waals surface area contributed by atoms with Gasteiger partial charge < -0.3 is 14.6 Å². The Morgan fingerprint density at radius 1 is 1.40 bits per heavy atom. The molecule has 1 fully saturated rings. The summed E-state index contributed by atoms with van der Waals surface area (Å²) in [6.45, 7) is 3.80. The zero-order valence-corrected chi connectivity index (χ0v) is 11.9. The third kappa shape index (κ3) is 2.31. The Morgan fingerprint density at radius 2 is 2.20 bits per heavy atom. The van der Waals surface area contributed by atoms with Gasteiger partial charge >= 0.3 is 0 Å². The predicted octanol–water partition coefficient (Wildman–Crippen LogP) is 2.38. The summed E-state index contributed by atoms with van der Waals surface area (Å²) in [5.74, 6) is 0.512. The lowest BCUT2D eigenvalue weighted by Crippen LogP contribution is -2.27. The largest absolute Gasteiger partial charge is 0.382 e. The highest BCUT2D eigenvalue weighted by Gasteiger charge is 2.22. The number of rotatable bonds is 3. The van der Waals surface area contributed by atoms with Gasteiger partial charge in [0.15, 0.2) is 0 Å². The van der Waals surface area contributed by atoms with Gasteiger partial charge in [-0.3, -0.25) is 4.79 Å². The Balaban J connectivity index is 1.98. The highest BCUT2D eigenvalue weighted by Crippen LogP contribution is 2.25. The van der Waals surface area contributed by atoms with Crippen LogP contribution < -0.4 is 10.9 Å². The molecule has 1 aliphatic heterocycles. The summed E-state index contributed by atoms with van der Waals surface area (Å²) in [5, 5.41) is 4.59. The normalized spacial score (nSPS) is 20.2. The molecule has 0 spiro atoms. The molecule has 2 atom stereocenters. The molecule has 2 unspecified atom stereocenters. The van der Waals surface area contributed by atoms with Gasteiger partial charge in [-0.2, -0.15) is 0 Å². The molecule has 0 aliphatic carbocycles. The summed E-state index contributed by atoms with van der Waals surface area (Å²) in [5.41, 5.74) is 1.89. The average molecular weight is 272 g/mol. The lowest BCUT2D eigenvalue weighted by atomic mass is 10.00. The van der Waals surface area contributed by atoms with Crippen molar-refractivity contribution >= 4 is 16.6 Å². The summed E-state index contributed by atoms with van der Waals surface area (Å²) in [4.78, 5) is 12.1. The molecule has 106 valence electrons. The van der Waals surface area contributed by atoms with E-state index in [2.05, 4.69) is 18.3 Å². The van der Waals surface area contributed by atoms with E-state index in [1.165, 1.54) is 0 Å². The fraction of sp³-hybridized carbons (Fsp3) is 0.438. The van der Waals surface area contributed by atoms with Gasteiger partial charge in [0.1, 0.15) is 0 Å². The Labute approximate surface area is 118 Å². The van der Waals surface area contributed by atoms with E-state index in [0.717, 1.165) is 36.2 Å². The molecule has 4 heteroatoms. The lowest BCUT2D eigenvalue weighted by molar-refractivity contribution is 0.183. The monoisotopic (exact) mass is 272 g/mol. The van der Waals surface area contributed by atoms with Crippen molar-refractivity contribution in [2.75, 3.05) is 18.5 Å². The SMILES string of the molecule is CC(Nc1cc(=O)n(C)c2ccccc12)C1CCOC1. The van der Waals surface area contributed by atoms with Crippen LogP contribution in [0.4, 0.5) is 5.69 Å². The molecular weight excluding hydrogens is 252 g/mol. The van der Waals surface area contributed by atoms with Crippen molar-refractivity contribution < 1.29 is 4.74 Å². The van der Waals surface area contributed by atoms with Crippen LogP contribution in [0, 0.1) is 5.92 Å². The van der Waals surface area contributed by atoms with Crippen LogP contribution in [0.25, 0.3) is 10.9 Å². The number of aromatic nitrogens is 1. The third-order valence-corrected chi connectivity index (χ3v) is 4.21.